The first kappa shape index (κ1) is 17.2. The topological polar surface area (TPSA) is 104 Å². The van der Waals surface area contributed by atoms with Crippen molar-refractivity contribution in [3.63, 3.8) is 0 Å². The molecule has 0 spiro atoms. The molecule has 0 bridgehead atoms. The summed E-state index contributed by atoms with van der Waals surface area (Å²) in [5.74, 6) is 0.901. The van der Waals surface area contributed by atoms with Gasteiger partial charge in [-0.05, 0) is 32.6 Å². The molecule has 8 nitrogen and oxygen atoms in total. The van der Waals surface area contributed by atoms with Crippen molar-refractivity contribution in [1.29, 1.82) is 0 Å². The zero-order chi connectivity index (χ0) is 17.8. The smallest absolute Gasteiger partial charge is 0.325 e. The van der Waals surface area contributed by atoms with Crippen molar-refractivity contribution in [2.75, 3.05) is 6.54 Å². The number of hydrogen-bond acceptors (Lipinski definition) is 4. The number of rotatable bonds is 5. The van der Waals surface area contributed by atoms with Crippen LogP contribution in [0.3, 0.4) is 0 Å². The van der Waals surface area contributed by atoms with Crippen LogP contribution in [0.1, 0.15) is 37.1 Å². The van der Waals surface area contributed by atoms with Crippen LogP contribution >= 0.6 is 0 Å². The van der Waals surface area contributed by atoms with Crippen molar-refractivity contribution < 1.29 is 4.79 Å². The Labute approximate surface area is 144 Å². The second kappa shape index (κ2) is 7.50. The van der Waals surface area contributed by atoms with Crippen LogP contribution in [0.15, 0.2) is 28.2 Å². The number of aromatic nitrogens is 4. The molecule has 3 rings (SSSR count). The van der Waals surface area contributed by atoms with Gasteiger partial charge in [-0.1, -0.05) is 0 Å². The lowest BCUT2D eigenvalue weighted by atomic mass is 9.98. The summed E-state index contributed by atoms with van der Waals surface area (Å²) in [6, 6.07) is 0.171. The number of aryl methyl sites for hydroxylation is 2. The van der Waals surface area contributed by atoms with E-state index in [2.05, 4.69) is 19.5 Å². The lowest BCUT2D eigenvalue weighted by Crippen LogP contribution is -2.45. The van der Waals surface area contributed by atoms with Gasteiger partial charge < -0.3 is 14.5 Å². The maximum absolute atomic E-state index is 12.7. The molecule has 0 aliphatic carbocycles. The highest BCUT2D eigenvalue weighted by Gasteiger charge is 2.27. The maximum Gasteiger partial charge on any atom is 0.325 e. The number of aromatic amines is 2. The molecule has 1 amide bonds. The molecule has 0 unspecified atom stereocenters. The Morgan fingerprint density at radius 1 is 1.36 bits per heavy atom. The first-order valence-electron chi connectivity index (χ1n) is 8.62. The van der Waals surface area contributed by atoms with Gasteiger partial charge in [-0.2, -0.15) is 0 Å². The van der Waals surface area contributed by atoms with Crippen LogP contribution in [0.5, 0.6) is 0 Å². The van der Waals surface area contributed by atoms with E-state index in [4.69, 9.17) is 0 Å². The number of carbonyl (C=O) groups excluding carboxylic acids is 1. The number of likely N-dealkylation sites (tertiary alicyclic amines) is 1. The second-order valence-electron chi connectivity index (χ2n) is 6.47. The Bertz CT molecular complexity index is 850. The summed E-state index contributed by atoms with van der Waals surface area (Å²) < 4.78 is 2.09. The summed E-state index contributed by atoms with van der Waals surface area (Å²) in [5.41, 5.74) is -0.771. The number of imidazole rings is 1. The molecule has 1 aliphatic heterocycles. The molecule has 1 aliphatic rings. The predicted molar refractivity (Wildman–Crippen MR) is 92.3 cm³/mol. The van der Waals surface area contributed by atoms with E-state index in [0.29, 0.717) is 12.1 Å². The Hall–Kier alpha value is -2.64. The number of carbonyl (C=O) groups is 1. The lowest BCUT2D eigenvalue weighted by molar-refractivity contribution is -0.134. The van der Waals surface area contributed by atoms with Crippen LogP contribution in [0.25, 0.3) is 0 Å². The van der Waals surface area contributed by atoms with Crippen molar-refractivity contribution in [3.05, 3.63) is 50.8 Å². The highest BCUT2D eigenvalue weighted by Crippen LogP contribution is 2.21. The molecule has 2 N–H and O–H groups in total. The number of amides is 1. The molecule has 134 valence electrons. The van der Waals surface area contributed by atoms with E-state index in [1.165, 1.54) is 6.20 Å². The standard InChI is InChI=1S/C17H23N5O3/c1-12-18-6-9-21(12)8-5-14-4-2-3-7-22(14)15(23)10-13-11-19-17(25)20-16(13)24/h6,9,11,14H,2-5,7-8,10H2,1H3,(H2,19,20,24,25)/t14-/m1/s1. The van der Waals surface area contributed by atoms with E-state index in [0.717, 1.165) is 38.1 Å². The molecule has 1 fully saturated rings. The third-order valence-corrected chi connectivity index (χ3v) is 4.81. The monoisotopic (exact) mass is 345 g/mol. The van der Waals surface area contributed by atoms with Gasteiger partial charge in [0.15, 0.2) is 0 Å². The third kappa shape index (κ3) is 4.07. The highest BCUT2D eigenvalue weighted by atomic mass is 16.2. The van der Waals surface area contributed by atoms with Crippen molar-refractivity contribution in [2.24, 2.45) is 0 Å². The van der Waals surface area contributed by atoms with Crippen LogP contribution in [0.2, 0.25) is 0 Å². The van der Waals surface area contributed by atoms with Gasteiger partial charge in [-0.25, -0.2) is 9.78 Å². The van der Waals surface area contributed by atoms with Crippen LogP contribution in [-0.2, 0) is 17.8 Å². The lowest BCUT2D eigenvalue weighted by Gasteiger charge is -2.36. The zero-order valence-electron chi connectivity index (χ0n) is 14.3. The van der Waals surface area contributed by atoms with E-state index in [1.807, 2.05) is 18.0 Å². The molecular weight excluding hydrogens is 322 g/mol. The van der Waals surface area contributed by atoms with Gasteiger partial charge in [0.05, 0.1) is 6.42 Å². The first-order valence-corrected chi connectivity index (χ1v) is 8.62. The van der Waals surface area contributed by atoms with Crippen LogP contribution < -0.4 is 11.2 Å². The normalized spacial score (nSPS) is 17.6. The number of H-pyrrole nitrogens is 2. The molecule has 0 radical (unpaired) electrons. The fourth-order valence-corrected chi connectivity index (χ4v) is 3.39. The van der Waals surface area contributed by atoms with Gasteiger partial charge in [0.25, 0.3) is 5.56 Å². The summed E-state index contributed by atoms with van der Waals surface area (Å²) in [6.45, 7) is 3.50. The minimum absolute atomic E-state index is 0.00666. The van der Waals surface area contributed by atoms with Crippen molar-refractivity contribution in [3.8, 4) is 0 Å². The van der Waals surface area contributed by atoms with Gasteiger partial charge in [-0.3, -0.25) is 14.6 Å². The van der Waals surface area contributed by atoms with Gasteiger partial charge in [-0.15, -0.1) is 0 Å². The van der Waals surface area contributed by atoms with E-state index >= 15 is 0 Å². The number of nitrogens with zero attached hydrogens (tertiary/aromatic N) is 3. The SMILES string of the molecule is Cc1nccn1CC[C@H]1CCCCN1C(=O)Cc1c[nH]c(=O)[nH]c1=O. The van der Waals surface area contributed by atoms with Crippen molar-refractivity contribution in [1.82, 2.24) is 24.4 Å². The summed E-state index contributed by atoms with van der Waals surface area (Å²) in [5, 5.41) is 0. The van der Waals surface area contributed by atoms with E-state index in [1.54, 1.807) is 6.20 Å². The molecule has 1 saturated heterocycles. The molecule has 25 heavy (non-hydrogen) atoms. The Morgan fingerprint density at radius 2 is 2.20 bits per heavy atom. The molecule has 2 aromatic rings. The molecular formula is C17H23N5O3. The Morgan fingerprint density at radius 3 is 2.92 bits per heavy atom. The number of hydrogen-bond donors (Lipinski definition) is 2. The summed E-state index contributed by atoms with van der Waals surface area (Å²) in [6.07, 6.45) is 8.99. The Kier molecular flexibility index (Phi) is 5.16. The van der Waals surface area contributed by atoms with Crippen molar-refractivity contribution >= 4 is 5.91 Å². The van der Waals surface area contributed by atoms with Crippen molar-refractivity contribution in [2.45, 2.75) is 51.6 Å². The number of nitrogens with one attached hydrogen (secondary N) is 2. The minimum atomic E-state index is -0.562. The summed E-state index contributed by atoms with van der Waals surface area (Å²) >= 11 is 0. The van der Waals surface area contributed by atoms with Gasteiger partial charge in [0.1, 0.15) is 5.82 Å². The zero-order valence-corrected chi connectivity index (χ0v) is 14.3. The minimum Gasteiger partial charge on any atom is -0.339 e. The number of piperidine rings is 1. The van der Waals surface area contributed by atoms with E-state index < -0.39 is 11.2 Å². The maximum atomic E-state index is 12.7. The van der Waals surface area contributed by atoms with Crippen LogP contribution in [0, 0.1) is 6.92 Å². The largest absolute Gasteiger partial charge is 0.339 e. The average molecular weight is 345 g/mol. The van der Waals surface area contributed by atoms with E-state index in [9.17, 15) is 14.4 Å². The van der Waals surface area contributed by atoms with Gasteiger partial charge >= 0.3 is 5.69 Å². The van der Waals surface area contributed by atoms with E-state index in [-0.39, 0.29) is 18.4 Å². The quantitative estimate of drug-likeness (QED) is 0.827. The molecule has 0 aromatic carbocycles. The summed E-state index contributed by atoms with van der Waals surface area (Å²) in [4.78, 5) is 46.3. The highest BCUT2D eigenvalue weighted by molar-refractivity contribution is 5.79. The first-order chi connectivity index (χ1) is 12.0. The fraction of sp³-hybridized carbons (Fsp3) is 0.529. The molecule has 1 atom stereocenters. The molecule has 8 heteroatoms. The fourth-order valence-electron chi connectivity index (χ4n) is 3.39. The molecule has 0 saturated carbocycles. The molecule has 2 aromatic heterocycles. The predicted octanol–water partition coefficient (Wildman–Crippen LogP) is 0.582. The third-order valence-electron chi connectivity index (χ3n) is 4.81. The van der Waals surface area contributed by atoms with Crippen LogP contribution in [-0.4, -0.2) is 42.9 Å². The molecule has 3 heterocycles. The average Bonchev–Trinajstić information content (AvgIpc) is 3.01. The second-order valence-corrected chi connectivity index (χ2v) is 6.47. The van der Waals surface area contributed by atoms with Gasteiger partial charge in [0, 0.05) is 43.3 Å². The summed E-state index contributed by atoms with van der Waals surface area (Å²) in [7, 11) is 0. The van der Waals surface area contributed by atoms with Crippen LogP contribution in [0.4, 0.5) is 0 Å². The Balaban J connectivity index is 1.67. The van der Waals surface area contributed by atoms with Gasteiger partial charge in [0.2, 0.25) is 5.91 Å².